The van der Waals surface area contributed by atoms with Crippen molar-refractivity contribution in [2.24, 2.45) is 0 Å². The Hall–Kier alpha value is -0.540. The standard InChI is InChI=1S/C6H12O3/c1-7-5-4-6(8-2)9-3/h4-6H,1-3H3/b5-4+. The van der Waals surface area contributed by atoms with E-state index in [2.05, 4.69) is 4.74 Å². The Balaban J connectivity index is 3.41. The summed E-state index contributed by atoms with van der Waals surface area (Å²) < 4.78 is 14.3. The van der Waals surface area contributed by atoms with E-state index in [-0.39, 0.29) is 6.29 Å². The molecule has 0 spiro atoms. The monoisotopic (exact) mass is 132 g/mol. The lowest BCUT2D eigenvalue weighted by Crippen LogP contribution is -2.08. The summed E-state index contributed by atoms with van der Waals surface area (Å²) in [5, 5.41) is 0. The first-order valence-electron chi connectivity index (χ1n) is 2.60. The zero-order chi connectivity index (χ0) is 7.11. The zero-order valence-electron chi connectivity index (χ0n) is 5.96. The first-order chi connectivity index (χ1) is 4.35. The van der Waals surface area contributed by atoms with Crippen molar-refractivity contribution in [2.75, 3.05) is 21.3 Å². The minimum absolute atomic E-state index is 0.301. The highest BCUT2D eigenvalue weighted by molar-refractivity contribution is 4.76. The molecule has 0 radical (unpaired) electrons. The number of hydrogen-bond donors (Lipinski definition) is 0. The summed E-state index contributed by atoms with van der Waals surface area (Å²) in [5.74, 6) is 0. The Bertz CT molecular complexity index is 76.4. The highest BCUT2D eigenvalue weighted by atomic mass is 16.7. The van der Waals surface area contributed by atoms with Gasteiger partial charge in [0.25, 0.3) is 0 Å². The van der Waals surface area contributed by atoms with Gasteiger partial charge in [-0.15, -0.1) is 0 Å². The quantitative estimate of drug-likeness (QED) is 0.417. The molecule has 0 N–H and O–H groups in total. The third-order valence-electron chi connectivity index (χ3n) is 0.836. The summed E-state index contributed by atoms with van der Waals surface area (Å²) in [6.45, 7) is 0. The van der Waals surface area contributed by atoms with Gasteiger partial charge >= 0.3 is 0 Å². The average Bonchev–Trinajstić information content (AvgIpc) is 1.91. The molecule has 0 fully saturated rings. The summed E-state index contributed by atoms with van der Waals surface area (Å²) >= 11 is 0. The number of hydrogen-bond acceptors (Lipinski definition) is 3. The second kappa shape index (κ2) is 5.59. The molecule has 0 aromatic heterocycles. The van der Waals surface area contributed by atoms with E-state index in [1.54, 1.807) is 27.4 Å². The Labute approximate surface area is 55.2 Å². The van der Waals surface area contributed by atoms with Crippen molar-refractivity contribution in [1.82, 2.24) is 0 Å². The summed E-state index contributed by atoms with van der Waals surface area (Å²) in [6.07, 6.45) is 2.88. The van der Waals surface area contributed by atoms with E-state index in [1.807, 2.05) is 0 Å². The lowest BCUT2D eigenvalue weighted by Gasteiger charge is -2.06. The largest absolute Gasteiger partial charge is 0.505 e. The fourth-order valence-electron chi connectivity index (χ4n) is 0.396. The first kappa shape index (κ1) is 8.46. The van der Waals surface area contributed by atoms with E-state index in [0.29, 0.717) is 0 Å². The van der Waals surface area contributed by atoms with Crippen LogP contribution in [0.2, 0.25) is 0 Å². The molecule has 0 aliphatic rings. The fourth-order valence-corrected chi connectivity index (χ4v) is 0.396. The molecule has 3 nitrogen and oxygen atoms in total. The van der Waals surface area contributed by atoms with E-state index in [0.717, 1.165) is 0 Å². The van der Waals surface area contributed by atoms with Crippen LogP contribution in [0.25, 0.3) is 0 Å². The zero-order valence-corrected chi connectivity index (χ0v) is 5.96. The van der Waals surface area contributed by atoms with Gasteiger partial charge in [-0.1, -0.05) is 0 Å². The van der Waals surface area contributed by atoms with E-state index in [9.17, 15) is 0 Å². The van der Waals surface area contributed by atoms with Gasteiger partial charge in [0.2, 0.25) is 0 Å². The maximum absolute atomic E-state index is 4.81. The number of methoxy groups -OCH3 is 3. The Morgan fingerprint density at radius 1 is 1.11 bits per heavy atom. The smallest absolute Gasteiger partial charge is 0.179 e. The molecule has 0 aromatic rings. The van der Waals surface area contributed by atoms with Crippen LogP contribution in [-0.4, -0.2) is 27.6 Å². The van der Waals surface area contributed by atoms with E-state index < -0.39 is 0 Å². The van der Waals surface area contributed by atoms with E-state index in [1.165, 1.54) is 6.26 Å². The van der Waals surface area contributed by atoms with Crippen molar-refractivity contribution in [3.8, 4) is 0 Å². The van der Waals surface area contributed by atoms with Crippen molar-refractivity contribution < 1.29 is 14.2 Å². The van der Waals surface area contributed by atoms with Crippen LogP contribution in [0.1, 0.15) is 0 Å². The van der Waals surface area contributed by atoms with Crippen molar-refractivity contribution in [1.29, 1.82) is 0 Å². The van der Waals surface area contributed by atoms with Crippen LogP contribution >= 0.6 is 0 Å². The van der Waals surface area contributed by atoms with Gasteiger partial charge in [0, 0.05) is 20.3 Å². The Kier molecular flexibility index (Phi) is 5.26. The van der Waals surface area contributed by atoms with Gasteiger partial charge in [-0.2, -0.15) is 0 Å². The molecule has 0 saturated heterocycles. The van der Waals surface area contributed by atoms with Crippen molar-refractivity contribution in [3.05, 3.63) is 12.3 Å². The molecule has 0 aliphatic carbocycles. The molecule has 0 unspecified atom stereocenters. The SMILES string of the molecule is CO/C=C/C(OC)OC. The van der Waals surface area contributed by atoms with E-state index >= 15 is 0 Å². The van der Waals surface area contributed by atoms with Gasteiger partial charge in [0.15, 0.2) is 6.29 Å². The number of rotatable bonds is 4. The Morgan fingerprint density at radius 2 is 1.67 bits per heavy atom. The third kappa shape index (κ3) is 4.00. The third-order valence-corrected chi connectivity index (χ3v) is 0.836. The predicted octanol–water partition coefficient (Wildman–Crippen LogP) is 0.765. The normalized spacial score (nSPS) is 11.1. The molecular weight excluding hydrogens is 120 g/mol. The lowest BCUT2D eigenvalue weighted by atomic mass is 10.6. The number of ether oxygens (including phenoxy) is 3. The summed E-state index contributed by atoms with van der Waals surface area (Å²) in [5.41, 5.74) is 0. The van der Waals surface area contributed by atoms with Crippen LogP contribution in [-0.2, 0) is 14.2 Å². The molecule has 0 atom stereocenters. The van der Waals surface area contributed by atoms with Gasteiger partial charge in [0.05, 0.1) is 13.4 Å². The molecule has 0 saturated carbocycles. The molecule has 0 bridgehead atoms. The van der Waals surface area contributed by atoms with Crippen molar-refractivity contribution in [2.45, 2.75) is 6.29 Å². The van der Waals surface area contributed by atoms with Crippen LogP contribution in [0.5, 0.6) is 0 Å². The van der Waals surface area contributed by atoms with Crippen molar-refractivity contribution in [3.63, 3.8) is 0 Å². The maximum Gasteiger partial charge on any atom is 0.179 e. The summed E-state index contributed by atoms with van der Waals surface area (Å²) in [7, 11) is 4.70. The second-order valence-corrected chi connectivity index (χ2v) is 1.40. The first-order valence-corrected chi connectivity index (χ1v) is 2.60. The van der Waals surface area contributed by atoms with Crippen LogP contribution in [0.4, 0.5) is 0 Å². The minimum atomic E-state index is -0.301. The summed E-state index contributed by atoms with van der Waals surface area (Å²) in [6, 6.07) is 0. The van der Waals surface area contributed by atoms with Gasteiger partial charge in [-0.25, -0.2) is 0 Å². The molecule has 0 aliphatic heterocycles. The van der Waals surface area contributed by atoms with Gasteiger partial charge < -0.3 is 14.2 Å². The van der Waals surface area contributed by atoms with Gasteiger partial charge in [0.1, 0.15) is 0 Å². The minimum Gasteiger partial charge on any atom is -0.505 e. The molecule has 0 rings (SSSR count). The predicted molar refractivity (Wildman–Crippen MR) is 34.0 cm³/mol. The highest BCUT2D eigenvalue weighted by Crippen LogP contribution is 1.91. The second-order valence-electron chi connectivity index (χ2n) is 1.40. The molecule has 0 aromatic carbocycles. The van der Waals surface area contributed by atoms with Gasteiger partial charge in [-0.05, 0) is 0 Å². The molecule has 0 amide bonds. The molecule has 3 heteroatoms. The topological polar surface area (TPSA) is 27.7 Å². The summed E-state index contributed by atoms with van der Waals surface area (Å²) in [4.78, 5) is 0. The molecule has 0 heterocycles. The Morgan fingerprint density at radius 3 is 2.00 bits per heavy atom. The fraction of sp³-hybridized carbons (Fsp3) is 0.667. The van der Waals surface area contributed by atoms with Crippen molar-refractivity contribution >= 4 is 0 Å². The van der Waals surface area contributed by atoms with Crippen LogP contribution in [0.3, 0.4) is 0 Å². The molecule has 9 heavy (non-hydrogen) atoms. The van der Waals surface area contributed by atoms with Crippen LogP contribution in [0.15, 0.2) is 12.3 Å². The maximum atomic E-state index is 4.81. The molecule has 54 valence electrons. The van der Waals surface area contributed by atoms with Crippen LogP contribution in [0, 0.1) is 0 Å². The molecular formula is C6H12O3. The van der Waals surface area contributed by atoms with Gasteiger partial charge in [-0.3, -0.25) is 0 Å². The van der Waals surface area contributed by atoms with E-state index in [4.69, 9.17) is 9.47 Å². The lowest BCUT2D eigenvalue weighted by molar-refractivity contribution is -0.0677. The average molecular weight is 132 g/mol. The van der Waals surface area contributed by atoms with Crippen LogP contribution < -0.4 is 0 Å². The highest BCUT2D eigenvalue weighted by Gasteiger charge is 1.95.